The molecule has 1 aliphatic rings. The van der Waals surface area contributed by atoms with Crippen LogP contribution in [0.15, 0.2) is 35.3 Å². The zero-order valence-corrected chi connectivity index (χ0v) is 21.4. The van der Waals surface area contributed by atoms with Crippen molar-refractivity contribution < 1.29 is 9.53 Å². The van der Waals surface area contributed by atoms with Gasteiger partial charge in [-0.05, 0) is 38.2 Å². The molecule has 0 bridgehead atoms. The summed E-state index contributed by atoms with van der Waals surface area (Å²) in [7, 11) is 3.29. The van der Waals surface area contributed by atoms with Gasteiger partial charge in [0, 0.05) is 38.3 Å². The summed E-state index contributed by atoms with van der Waals surface area (Å²) in [6, 6.07) is 10.8. The van der Waals surface area contributed by atoms with Gasteiger partial charge in [0.2, 0.25) is 0 Å². The van der Waals surface area contributed by atoms with Gasteiger partial charge >= 0.3 is 5.97 Å². The van der Waals surface area contributed by atoms with E-state index in [2.05, 4.69) is 71.6 Å². The van der Waals surface area contributed by atoms with E-state index >= 15 is 0 Å². The Bertz CT molecular complexity index is 656. The standard InChI is InChI=1S/C23H38N4O2.HI/c1-6-23(7-2,26-18(3)19-11-9-8-10-12-19)17-25-22(24-4)27-15-13-20(14-16-27)21(28)29-5;/h8-12,18,20,26H,6-7,13-17H2,1-5H3,(H,24,25);1H. The van der Waals surface area contributed by atoms with Crippen molar-refractivity contribution in [1.82, 2.24) is 15.5 Å². The molecule has 2 N–H and O–H groups in total. The van der Waals surface area contributed by atoms with Gasteiger partial charge in [0.1, 0.15) is 0 Å². The number of hydrogen-bond donors (Lipinski definition) is 2. The Kier molecular flexibility index (Phi) is 11.7. The Morgan fingerprint density at radius 1 is 1.23 bits per heavy atom. The lowest BCUT2D eigenvalue weighted by molar-refractivity contribution is -0.146. The Balaban J connectivity index is 0.00000450. The van der Waals surface area contributed by atoms with Gasteiger partial charge in [0.05, 0.1) is 13.0 Å². The van der Waals surface area contributed by atoms with E-state index < -0.39 is 0 Å². The molecule has 7 heteroatoms. The summed E-state index contributed by atoms with van der Waals surface area (Å²) < 4.78 is 4.89. The molecule has 0 amide bonds. The monoisotopic (exact) mass is 530 g/mol. The number of methoxy groups -OCH3 is 1. The quantitative estimate of drug-likeness (QED) is 0.231. The van der Waals surface area contributed by atoms with Gasteiger partial charge in [0.15, 0.2) is 5.96 Å². The molecule has 170 valence electrons. The highest BCUT2D eigenvalue weighted by Gasteiger charge is 2.30. The molecule has 30 heavy (non-hydrogen) atoms. The lowest BCUT2D eigenvalue weighted by Gasteiger charge is -2.39. The zero-order chi connectivity index (χ0) is 21.3. The fraction of sp³-hybridized carbons (Fsp3) is 0.652. The molecule has 0 spiro atoms. The fourth-order valence-corrected chi connectivity index (χ4v) is 4.11. The first-order valence-corrected chi connectivity index (χ1v) is 10.8. The SMILES string of the molecule is CCC(CC)(CNC(=NC)N1CCC(C(=O)OC)CC1)NC(C)c1ccccc1.I. The number of carbonyl (C=O) groups excluding carboxylic acids is 1. The van der Waals surface area contributed by atoms with Crippen LogP contribution in [0.5, 0.6) is 0 Å². The van der Waals surface area contributed by atoms with Crippen LogP contribution in [-0.4, -0.2) is 56.2 Å². The van der Waals surface area contributed by atoms with Crippen LogP contribution >= 0.6 is 24.0 Å². The largest absolute Gasteiger partial charge is 0.469 e. The number of esters is 1. The second kappa shape index (κ2) is 13.1. The lowest BCUT2D eigenvalue weighted by Crippen LogP contribution is -2.56. The number of ether oxygens (including phenoxy) is 1. The summed E-state index contributed by atoms with van der Waals surface area (Å²) >= 11 is 0. The first-order valence-electron chi connectivity index (χ1n) is 10.8. The van der Waals surface area contributed by atoms with E-state index in [0.29, 0.717) is 0 Å². The number of nitrogens with one attached hydrogen (secondary N) is 2. The molecule has 1 unspecified atom stereocenters. The van der Waals surface area contributed by atoms with Crippen LogP contribution in [0.3, 0.4) is 0 Å². The summed E-state index contributed by atoms with van der Waals surface area (Å²) in [5.74, 6) is 0.824. The van der Waals surface area contributed by atoms with Crippen molar-refractivity contribution in [2.75, 3.05) is 33.8 Å². The molecule has 0 aromatic heterocycles. The Labute approximate surface area is 199 Å². The lowest BCUT2D eigenvalue weighted by atomic mass is 9.90. The fourth-order valence-electron chi connectivity index (χ4n) is 4.11. The van der Waals surface area contributed by atoms with Gasteiger partial charge < -0.3 is 20.3 Å². The van der Waals surface area contributed by atoms with Crippen molar-refractivity contribution in [3.05, 3.63) is 35.9 Å². The normalized spacial score (nSPS) is 16.6. The van der Waals surface area contributed by atoms with E-state index in [-0.39, 0.29) is 47.4 Å². The maximum atomic E-state index is 11.8. The molecule has 2 rings (SSSR count). The molecule has 0 aliphatic carbocycles. The van der Waals surface area contributed by atoms with Crippen LogP contribution in [-0.2, 0) is 9.53 Å². The summed E-state index contributed by atoms with van der Waals surface area (Å²) in [5, 5.41) is 7.45. The summed E-state index contributed by atoms with van der Waals surface area (Å²) in [6.45, 7) is 9.14. The third kappa shape index (κ3) is 7.11. The smallest absolute Gasteiger partial charge is 0.308 e. The number of hydrogen-bond acceptors (Lipinski definition) is 4. The first-order chi connectivity index (χ1) is 14.0. The number of piperidine rings is 1. The molecule has 1 aliphatic heterocycles. The van der Waals surface area contributed by atoms with Crippen LogP contribution < -0.4 is 10.6 Å². The first kappa shape index (κ1) is 26.7. The maximum absolute atomic E-state index is 11.8. The predicted octanol–water partition coefficient (Wildman–Crippen LogP) is 3.97. The molecule has 1 aromatic carbocycles. The minimum atomic E-state index is -0.0947. The average Bonchev–Trinajstić information content (AvgIpc) is 2.79. The zero-order valence-electron chi connectivity index (χ0n) is 19.1. The second-order valence-electron chi connectivity index (χ2n) is 7.95. The van der Waals surface area contributed by atoms with Gasteiger partial charge in [-0.2, -0.15) is 0 Å². The van der Waals surface area contributed by atoms with Crippen LogP contribution in [0.4, 0.5) is 0 Å². The van der Waals surface area contributed by atoms with Gasteiger partial charge in [-0.25, -0.2) is 0 Å². The van der Waals surface area contributed by atoms with Crippen LogP contribution in [0.25, 0.3) is 0 Å². The molecular weight excluding hydrogens is 491 g/mol. The van der Waals surface area contributed by atoms with Gasteiger partial charge in [-0.3, -0.25) is 9.79 Å². The maximum Gasteiger partial charge on any atom is 0.308 e. The number of halogens is 1. The highest BCUT2D eigenvalue weighted by Crippen LogP contribution is 2.22. The van der Waals surface area contributed by atoms with Gasteiger partial charge in [0.25, 0.3) is 0 Å². The molecule has 1 fully saturated rings. The van der Waals surface area contributed by atoms with Gasteiger partial charge in [-0.15, -0.1) is 24.0 Å². The molecular formula is C23H39IN4O2. The second-order valence-corrected chi connectivity index (χ2v) is 7.95. The van der Waals surface area contributed by atoms with Crippen molar-refractivity contribution in [3.8, 4) is 0 Å². The molecule has 1 atom stereocenters. The van der Waals surface area contributed by atoms with E-state index in [9.17, 15) is 4.79 Å². The number of likely N-dealkylation sites (tertiary alicyclic amines) is 1. The minimum Gasteiger partial charge on any atom is -0.469 e. The van der Waals surface area contributed by atoms with Crippen molar-refractivity contribution in [2.45, 2.75) is 58.0 Å². The summed E-state index contributed by atoms with van der Waals surface area (Å²) in [4.78, 5) is 18.5. The number of benzene rings is 1. The number of carbonyl (C=O) groups is 1. The number of guanidine groups is 1. The van der Waals surface area contributed by atoms with E-state index in [1.165, 1.54) is 12.7 Å². The Morgan fingerprint density at radius 2 is 1.83 bits per heavy atom. The average molecular weight is 530 g/mol. The highest BCUT2D eigenvalue weighted by atomic mass is 127. The van der Waals surface area contributed by atoms with E-state index in [0.717, 1.165) is 51.3 Å². The molecule has 0 saturated carbocycles. The summed E-state index contributed by atoms with van der Waals surface area (Å²) in [5.41, 5.74) is 1.28. The van der Waals surface area contributed by atoms with Crippen LogP contribution in [0.1, 0.15) is 58.1 Å². The van der Waals surface area contributed by atoms with E-state index in [1.54, 1.807) is 0 Å². The number of rotatable bonds is 8. The van der Waals surface area contributed by atoms with Gasteiger partial charge in [-0.1, -0.05) is 44.2 Å². The highest BCUT2D eigenvalue weighted by molar-refractivity contribution is 14.0. The van der Waals surface area contributed by atoms with E-state index in [4.69, 9.17) is 4.74 Å². The third-order valence-electron chi connectivity index (χ3n) is 6.30. The van der Waals surface area contributed by atoms with Crippen molar-refractivity contribution in [1.29, 1.82) is 0 Å². The predicted molar refractivity (Wildman–Crippen MR) is 134 cm³/mol. The molecule has 1 aromatic rings. The topological polar surface area (TPSA) is 66.0 Å². The minimum absolute atomic E-state index is 0. The Hall–Kier alpha value is -1.35. The van der Waals surface area contributed by atoms with Crippen LogP contribution in [0, 0.1) is 5.92 Å². The summed E-state index contributed by atoms with van der Waals surface area (Å²) in [6.07, 6.45) is 3.66. The number of nitrogens with zero attached hydrogens (tertiary/aromatic N) is 2. The van der Waals surface area contributed by atoms with Crippen molar-refractivity contribution in [2.24, 2.45) is 10.9 Å². The Morgan fingerprint density at radius 3 is 2.33 bits per heavy atom. The van der Waals surface area contributed by atoms with Crippen LogP contribution in [0.2, 0.25) is 0 Å². The number of aliphatic imine (C=N–C) groups is 1. The molecule has 6 nitrogen and oxygen atoms in total. The van der Waals surface area contributed by atoms with Crippen molar-refractivity contribution >= 4 is 35.9 Å². The third-order valence-corrected chi connectivity index (χ3v) is 6.30. The molecule has 0 radical (unpaired) electrons. The van der Waals surface area contributed by atoms with E-state index in [1.807, 2.05) is 7.05 Å². The molecule has 1 heterocycles. The van der Waals surface area contributed by atoms with Crippen molar-refractivity contribution in [3.63, 3.8) is 0 Å². The molecule has 1 saturated heterocycles.